The molecule has 0 spiro atoms. The lowest BCUT2D eigenvalue weighted by Gasteiger charge is -2.20. The number of carbonyl (C=O) groups excluding carboxylic acids is 1. The van der Waals surface area contributed by atoms with Crippen LogP contribution in [0.3, 0.4) is 0 Å². The Kier molecular flexibility index (Phi) is 5.31. The molecule has 2 heteroatoms. The summed E-state index contributed by atoms with van der Waals surface area (Å²) in [5.41, 5.74) is 1.12. The van der Waals surface area contributed by atoms with E-state index < -0.39 is 0 Å². The zero-order valence-electron chi connectivity index (χ0n) is 9.05. The second-order valence-corrected chi connectivity index (χ2v) is 5.48. The monoisotopic (exact) mass is 212 g/mol. The van der Waals surface area contributed by atoms with Gasteiger partial charge in [0, 0.05) is 12.8 Å². The number of thioether (sulfide) groups is 1. The molecule has 80 valence electrons. The van der Waals surface area contributed by atoms with Gasteiger partial charge in [0.05, 0.1) is 0 Å². The highest BCUT2D eigenvalue weighted by Gasteiger charge is 2.16. The van der Waals surface area contributed by atoms with Crippen LogP contribution in [0.15, 0.2) is 12.2 Å². The maximum absolute atomic E-state index is 11.6. The molecule has 0 saturated carbocycles. The van der Waals surface area contributed by atoms with E-state index in [-0.39, 0.29) is 0 Å². The fourth-order valence-electron chi connectivity index (χ4n) is 1.73. The van der Waals surface area contributed by atoms with E-state index in [1.807, 2.05) is 18.7 Å². The van der Waals surface area contributed by atoms with E-state index >= 15 is 0 Å². The fourth-order valence-corrected chi connectivity index (χ4v) is 2.93. The Morgan fingerprint density at radius 3 is 2.57 bits per heavy atom. The first kappa shape index (κ1) is 11.8. The number of rotatable bonds is 5. The first-order valence-corrected chi connectivity index (χ1v) is 6.58. The third kappa shape index (κ3) is 4.85. The minimum absolute atomic E-state index is 0.435. The van der Waals surface area contributed by atoms with E-state index in [0.717, 1.165) is 18.4 Å². The van der Waals surface area contributed by atoms with Crippen LogP contribution in [-0.2, 0) is 4.79 Å². The molecular formula is C12H20OS. The fraction of sp³-hybridized carbons (Fsp3) is 0.750. The first-order chi connectivity index (χ1) is 6.68. The molecule has 0 bridgehead atoms. The molecule has 0 aromatic carbocycles. The molecule has 1 fully saturated rings. The third-order valence-electron chi connectivity index (χ3n) is 2.69. The van der Waals surface area contributed by atoms with Crippen molar-refractivity contribution in [3.05, 3.63) is 12.2 Å². The normalized spacial score (nSPS) is 18.1. The van der Waals surface area contributed by atoms with E-state index in [4.69, 9.17) is 0 Å². The third-order valence-corrected chi connectivity index (χ3v) is 3.74. The number of carbonyl (C=O) groups is 1. The highest BCUT2D eigenvalue weighted by molar-refractivity contribution is 7.99. The molecule has 1 heterocycles. The summed E-state index contributed by atoms with van der Waals surface area (Å²) < 4.78 is 0. The Bertz CT molecular complexity index is 204. The predicted octanol–water partition coefficient (Wildman–Crippen LogP) is 3.45. The molecule has 1 nitrogen and oxygen atoms in total. The van der Waals surface area contributed by atoms with E-state index in [1.54, 1.807) is 0 Å². The van der Waals surface area contributed by atoms with Gasteiger partial charge in [-0.05, 0) is 43.6 Å². The number of Topliss-reactive ketones (excluding diaryl/α,β-unsaturated/α-hetero) is 1. The molecule has 0 aromatic heterocycles. The standard InChI is InChI=1S/C12H20OS/c1-10(2)3-4-12(13)9-11-5-7-14-8-6-11/h11H,1,3-9H2,2H3. The summed E-state index contributed by atoms with van der Waals surface area (Å²) in [5.74, 6) is 3.61. The maximum atomic E-state index is 11.6. The molecule has 0 unspecified atom stereocenters. The lowest BCUT2D eigenvalue weighted by atomic mass is 9.94. The molecule has 0 aromatic rings. The van der Waals surface area contributed by atoms with Gasteiger partial charge in [0.1, 0.15) is 5.78 Å². The molecule has 0 N–H and O–H groups in total. The van der Waals surface area contributed by atoms with Crippen molar-refractivity contribution in [1.29, 1.82) is 0 Å². The Labute approximate surface area is 91.3 Å². The summed E-state index contributed by atoms with van der Waals surface area (Å²) in [6.45, 7) is 5.81. The van der Waals surface area contributed by atoms with Crippen LogP contribution in [-0.4, -0.2) is 17.3 Å². The zero-order valence-corrected chi connectivity index (χ0v) is 9.87. The van der Waals surface area contributed by atoms with Gasteiger partial charge in [-0.3, -0.25) is 4.79 Å². The van der Waals surface area contributed by atoms with Gasteiger partial charge in [-0.1, -0.05) is 5.57 Å². The largest absolute Gasteiger partial charge is 0.300 e. The van der Waals surface area contributed by atoms with Crippen molar-refractivity contribution in [3.63, 3.8) is 0 Å². The van der Waals surface area contributed by atoms with Crippen LogP contribution in [0.25, 0.3) is 0 Å². The van der Waals surface area contributed by atoms with Gasteiger partial charge in [-0.15, -0.1) is 6.58 Å². The van der Waals surface area contributed by atoms with E-state index in [9.17, 15) is 4.79 Å². The van der Waals surface area contributed by atoms with Gasteiger partial charge in [-0.2, -0.15) is 11.8 Å². The van der Waals surface area contributed by atoms with Gasteiger partial charge < -0.3 is 0 Å². The van der Waals surface area contributed by atoms with E-state index in [0.29, 0.717) is 18.1 Å². The van der Waals surface area contributed by atoms with Crippen LogP contribution < -0.4 is 0 Å². The van der Waals surface area contributed by atoms with Crippen molar-refractivity contribution in [2.45, 2.75) is 39.0 Å². The van der Waals surface area contributed by atoms with Crippen LogP contribution >= 0.6 is 11.8 Å². The highest BCUT2D eigenvalue weighted by atomic mass is 32.2. The molecule has 1 saturated heterocycles. The Balaban J connectivity index is 2.15. The van der Waals surface area contributed by atoms with Crippen LogP contribution in [0, 0.1) is 5.92 Å². The second kappa shape index (κ2) is 6.28. The van der Waals surface area contributed by atoms with Crippen LogP contribution in [0.4, 0.5) is 0 Å². The predicted molar refractivity (Wildman–Crippen MR) is 63.7 cm³/mol. The van der Waals surface area contributed by atoms with E-state index in [2.05, 4.69) is 6.58 Å². The van der Waals surface area contributed by atoms with E-state index in [1.165, 1.54) is 24.3 Å². The van der Waals surface area contributed by atoms with Crippen LogP contribution in [0.2, 0.25) is 0 Å². The number of allylic oxidation sites excluding steroid dienone is 1. The molecule has 0 amide bonds. The summed E-state index contributed by atoms with van der Waals surface area (Å²) >= 11 is 2.02. The molecule has 0 aliphatic carbocycles. The number of ketones is 1. The summed E-state index contributed by atoms with van der Waals surface area (Å²) in [6, 6.07) is 0. The quantitative estimate of drug-likeness (QED) is 0.649. The minimum Gasteiger partial charge on any atom is -0.300 e. The van der Waals surface area contributed by atoms with Gasteiger partial charge in [0.15, 0.2) is 0 Å². The highest BCUT2D eigenvalue weighted by Crippen LogP contribution is 2.26. The van der Waals surface area contributed by atoms with Gasteiger partial charge in [0.2, 0.25) is 0 Å². The summed E-state index contributed by atoms with van der Waals surface area (Å²) in [6.07, 6.45) is 4.88. The van der Waals surface area contributed by atoms with Gasteiger partial charge in [-0.25, -0.2) is 0 Å². The maximum Gasteiger partial charge on any atom is 0.133 e. The van der Waals surface area contributed by atoms with Crippen molar-refractivity contribution in [1.82, 2.24) is 0 Å². The second-order valence-electron chi connectivity index (χ2n) is 4.26. The molecule has 14 heavy (non-hydrogen) atoms. The lowest BCUT2D eigenvalue weighted by molar-refractivity contribution is -0.120. The lowest BCUT2D eigenvalue weighted by Crippen LogP contribution is -2.14. The van der Waals surface area contributed by atoms with Crippen LogP contribution in [0.1, 0.15) is 39.0 Å². The van der Waals surface area contributed by atoms with Crippen molar-refractivity contribution < 1.29 is 4.79 Å². The van der Waals surface area contributed by atoms with Crippen molar-refractivity contribution >= 4 is 17.5 Å². The summed E-state index contributed by atoms with van der Waals surface area (Å²) in [4.78, 5) is 11.6. The Morgan fingerprint density at radius 1 is 1.36 bits per heavy atom. The molecule has 0 atom stereocenters. The van der Waals surface area contributed by atoms with Crippen molar-refractivity contribution in [3.8, 4) is 0 Å². The molecule has 1 aliphatic heterocycles. The number of hydrogen-bond acceptors (Lipinski definition) is 2. The number of hydrogen-bond donors (Lipinski definition) is 0. The van der Waals surface area contributed by atoms with Crippen LogP contribution in [0.5, 0.6) is 0 Å². The smallest absolute Gasteiger partial charge is 0.133 e. The van der Waals surface area contributed by atoms with Crippen molar-refractivity contribution in [2.75, 3.05) is 11.5 Å². The molecular weight excluding hydrogens is 192 g/mol. The Morgan fingerprint density at radius 2 is 2.00 bits per heavy atom. The topological polar surface area (TPSA) is 17.1 Å². The van der Waals surface area contributed by atoms with Crippen molar-refractivity contribution in [2.24, 2.45) is 5.92 Å². The first-order valence-electron chi connectivity index (χ1n) is 5.42. The minimum atomic E-state index is 0.435. The van der Waals surface area contributed by atoms with Gasteiger partial charge >= 0.3 is 0 Å². The average Bonchev–Trinajstić information content (AvgIpc) is 2.16. The van der Waals surface area contributed by atoms with Gasteiger partial charge in [0.25, 0.3) is 0 Å². The summed E-state index contributed by atoms with van der Waals surface area (Å²) in [5, 5.41) is 0. The SMILES string of the molecule is C=C(C)CCC(=O)CC1CCSCC1. The average molecular weight is 212 g/mol. The molecule has 1 aliphatic rings. The molecule has 0 radical (unpaired) electrons. The summed E-state index contributed by atoms with van der Waals surface area (Å²) in [7, 11) is 0. The molecule has 1 rings (SSSR count). The Hall–Kier alpha value is -0.240. The zero-order chi connectivity index (χ0) is 10.4.